The molecule has 160 valence electrons. The molecule has 2 aliphatic heterocycles. The van der Waals surface area contributed by atoms with Crippen LogP contribution in [0.1, 0.15) is 41.7 Å². The number of hydrogen-bond acceptors (Lipinski definition) is 4. The first kappa shape index (κ1) is 21.2. The van der Waals surface area contributed by atoms with Gasteiger partial charge in [0, 0.05) is 12.6 Å². The van der Waals surface area contributed by atoms with Crippen LogP contribution in [0.5, 0.6) is 0 Å². The molecule has 30 heavy (non-hydrogen) atoms. The molecule has 1 unspecified atom stereocenters. The average Bonchev–Trinajstić information content (AvgIpc) is 2.73. The van der Waals surface area contributed by atoms with Crippen LogP contribution in [0.4, 0.5) is 4.39 Å². The Morgan fingerprint density at radius 3 is 2.57 bits per heavy atom. The number of halogens is 1. The summed E-state index contributed by atoms with van der Waals surface area (Å²) in [5.41, 5.74) is 3.29. The average molecular weight is 430 g/mol. The van der Waals surface area contributed by atoms with Gasteiger partial charge >= 0.3 is 0 Å². The molecule has 2 aromatic rings. The number of nitrogens with one attached hydrogen (secondary N) is 1. The van der Waals surface area contributed by atoms with Gasteiger partial charge in [0.2, 0.25) is 0 Å². The Bertz CT molecular complexity index is 1010. The Labute approximate surface area is 178 Å². The van der Waals surface area contributed by atoms with Gasteiger partial charge in [0.1, 0.15) is 5.82 Å². The molecule has 2 heterocycles. The third-order valence-electron chi connectivity index (χ3n) is 6.18. The predicted molar refractivity (Wildman–Crippen MR) is 117 cm³/mol. The third-order valence-corrected chi connectivity index (χ3v) is 8.83. The highest BCUT2D eigenvalue weighted by Crippen LogP contribution is 2.33. The Kier molecular flexibility index (Phi) is 6.37. The van der Waals surface area contributed by atoms with Crippen molar-refractivity contribution in [1.29, 1.82) is 0 Å². The molecule has 2 fully saturated rings. The molecule has 2 aromatic carbocycles. The van der Waals surface area contributed by atoms with Crippen LogP contribution in [0.2, 0.25) is 0 Å². The summed E-state index contributed by atoms with van der Waals surface area (Å²) in [5, 5.41) is 2.03. The minimum Gasteiger partial charge on any atom is -0.381 e. The zero-order chi connectivity index (χ0) is 21.1. The van der Waals surface area contributed by atoms with E-state index in [1.165, 1.54) is 11.6 Å². The fourth-order valence-corrected chi connectivity index (χ4v) is 6.72. The molecule has 1 N–H and O–H groups in total. The van der Waals surface area contributed by atoms with Crippen LogP contribution < -0.4 is 5.32 Å². The van der Waals surface area contributed by atoms with E-state index in [2.05, 4.69) is 5.32 Å². The van der Waals surface area contributed by atoms with Gasteiger partial charge in [0.25, 0.3) is 0 Å². The number of benzene rings is 2. The first-order chi connectivity index (χ1) is 14.4. The minimum absolute atomic E-state index is 0.163. The minimum atomic E-state index is -3.47. The smallest absolute Gasteiger partial charge is 0.163 e. The van der Waals surface area contributed by atoms with Gasteiger partial charge < -0.3 is 10.1 Å². The van der Waals surface area contributed by atoms with Crippen molar-refractivity contribution in [3.05, 3.63) is 76.6 Å². The van der Waals surface area contributed by atoms with E-state index in [-0.39, 0.29) is 18.3 Å². The van der Waals surface area contributed by atoms with Gasteiger partial charge in [-0.15, -0.1) is 0 Å². The number of hydrogen-bond donors (Lipinski definition) is 1. The van der Waals surface area contributed by atoms with Crippen LogP contribution in [-0.4, -0.2) is 39.5 Å². The van der Waals surface area contributed by atoms with Crippen LogP contribution in [0.3, 0.4) is 0 Å². The second kappa shape index (κ2) is 9.00. The van der Waals surface area contributed by atoms with Gasteiger partial charge in [-0.25, -0.2) is 12.8 Å². The normalized spacial score (nSPS) is 26.3. The van der Waals surface area contributed by atoms with Crippen molar-refractivity contribution in [3.8, 4) is 0 Å². The van der Waals surface area contributed by atoms with E-state index in [1.54, 1.807) is 6.07 Å². The summed E-state index contributed by atoms with van der Waals surface area (Å²) in [4.78, 5) is 0. The maximum atomic E-state index is 14.9. The standard InChI is InChI=1S/C24H28FNO3S/c1-17-23(30(27,28)24(16-26-17)20-5-3-2-4-6-20)15-21-8-7-19(14-22(21)25)13-18-9-11-29-12-10-18/h2-8,13-14,17,23-24,26H,9-12,15-16H2,1H3/t17-,23?,24-/m0/s1. The largest absolute Gasteiger partial charge is 0.381 e. The van der Waals surface area contributed by atoms with Crippen molar-refractivity contribution in [3.63, 3.8) is 0 Å². The topological polar surface area (TPSA) is 55.4 Å². The number of sulfone groups is 1. The third kappa shape index (κ3) is 4.51. The molecule has 0 radical (unpaired) electrons. The summed E-state index contributed by atoms with van der Waals surface area (Å²) in [7, 11) is -3.47. The van der Waals surface area contributed by atoms with Crippen LogP contribution >= 0.6 is 0 Å². The lowest BCUT2D eigenvalue weighted by molar-refractivity contribution is 0.119. The van der Waals surface area contributed by atoms with Crippen molar-refractivity contribution in [2.45, 2.75) is 42.7 Å². The van der Waals surface area contributed by atoms with E-state index < -0.39 is 20.3 Å². The van der Waals surface area contributed by atoms with Crippen LogP contribution in [0.15, 0.2) is 54.1 Å². The Hall–Kier alpha value is -2.02. The van der Waals surface area contributed by atoms with Gasteiger partial charge in [-0.3, -0.25) is 0 Å². The SMILES string of the molecule is C[C@@H]1NC[C@@H](c2ccccc2)S(=O)(=O)C1Cc1ccc(C=C2CCOCC2)cc1F. The highest BCUT2D eigenvalue weighted by Gasteiger charge is 2.42. The number of ether oxygens (including phenoxy) is 1. The second-order valence-electron chi connectivity index (χ2n) is 8.19. The van der Waals surface area contributed by atoms with Gasteiger partial charge in [-0.2, -0.15) is 0 Å². The van der Waals surface area contributed by atoms with Gasteiger partial charge in [-0.05, 0) is 48.9 Å². The maximum absolute atomic E-state index is 14.9. The molecular weight excluding hydrogens is 401 g/mol. The monoisotopic (exact) mass is 429 g/mol. The molecule has 3 atom stereocenters. The molecule has 6 heteroatoms. The molecule has 2 saturated heterocycles. The van der Waals surface area contributed by atoms with Crippen molar-refractivity contribution < 1.29 is 17.5 Å². The zero-order valence-electron chi connectivity index (χ0n) is 17.2. The summed E-state index contributed by atoms with van der Waals surface area (Å²) in [6.45, 7) is 3.66. The molecule has 4 nitrogen and oxygen atoms in total. The summed E-state index contributed by atoms with van der Waals surface area (Å²) >= 11 is 0. The molecule has 2 aliphatic rings. The van der Waals surface area contributed by atoms with Crippen molar-refractivity contribution in [2.24, 2.45) is 0 Å². The highest BCUT2D eigenvalue weighted by atomic mass is 32.2. The van der Waals surface area contributed by atoms with Crippen molar-refractivity contribution in [1.82, 2.24) is 5.32 Å². The first-order valence-electron chi connectivity index (χ1n) is 10.5. The lowest BCUT2D eigenvalue weighted by Crippen LogP contribution is -2.53. The quantitative estimate of drug-likeness (QED) is 0.796. The molecule has 0 aromatic heterocycles. The van der Waals surface area contributed by atoms with Crippen LogP contribution in [-0.2, 0) is 21.0 Å². The summed E-state index contributed by atoms with van der Waals surface area (Å²) in [5.74, 6) is -0.347. The second-order valence-corrected chi connectivity index (χ2v) is 10.5. The van der Waals surface area contributed by atoms with Crippen molar-refractivity contribution >= 4 is 15.9 Å². The van der Waals surface area contributed by atoms with Gasteiger partial charge in [0.15, 0.2) is 9.84 Å². The van der Waals surface area contributed by atoms with Crippen molar-refractivity contribution in [2.75, 3.05) is 19.8 Å². The molecule has 0 amide bonds. The highest BCUT2D eigenvalue weighted by molar-refractivity contribution is 7.92. The van der Waals surface area contributed by atoms with Crippen LogP contribution in [0, 0.1) is 5.82 Å². The fourth-order valence-electron chi connectivity index (χ4n) is 4.35. The summed E-state index contributed by atoms with van der Waals surface area (Å²) in [6.07, 6.45) is 3.92. The maximum Gasteiger partial charge on any atom is 0.163 e. The first-order valence-corrected chi connectivity index (χ1v) is 12.1. The molecule has 0 bridgehead atoms. The predicted octanol–water partition coefficient (Wildman–Crippen LogP) is 4.08. The molecule has 0 spiro atoms. The molecule has 0 saturated carbocycles. The lowest BCUT2D eigenvalue weighted by atomic mass is 10.00. The van der Waals surface area contributed by atoms with E-state index in [9.17, 15) is 12.8 Å². The van der Waals surface area contributed by atoms with Crippen LogP contribution in [0.25, 0.3) is 6.08 Å². The molecule has 4 rings (SSSR count). The molecular formula is C24H28FNO3S. The van der Waals surface area contributed by atoms with E-state index in [1.807, 2.05) is 49.4 Å². The van der Waals surface area contributed by atoms with E-state index in [0.29, 0.717) is 25.3 Å². The summed E-state index contributed by atoms with van der Waals surface area (Å²) < 4.78 is 47.0. The Morgan fingerprint density at radius 1 is 1.13 bits per heavy atom. The number of rotatable bonds is 4. The molecule has 0 aliphatic carbocycles. The van der Waals surface area contributed by atoms with Gasteiger partial charge in [0.05, 0.1) is 23.7 Å². The van der Waals surface area contributed by atoms with E-state index in [4.69, 9.17) is 4.74 Å². The lowest BCUT2D eigenvalue weighted by Gasteiger charge is -2.35. The van der Waals surface area contributed by atoms with Gasteiger partial charge in [-0.1, -0.05) is 54.1 Å². The zero-order valence-corrected chi connectivity index (χ0v) is 18.0. The Balaban J connectivity index is 1.56. The van der Waals surface area contributed by atoms with E-state index >= 15 is 0 Å². The summed E-state index contributed by atoms with van der Waals surface area (Å²) in [6, 6.07) is 14.1. The Morgan fingerprint density at radius 2 is 1.87 bits per heavy atom. The van der Waals surface area contributed by atoms with E-state index in [0.717, 1.165) is 24.0 Å². The fraction of sp³-hybridized carbons (Fsp3) is 0.417.